The largest absolute Gasteiger partial charge is 0.594 e. The SMILES string of the molecule is O=C(C=Cc1ccc(N=[N+]([O-])c2ccc(C=CC(=O)c3ccccc3)cc2)cc1)c1ccccc1. The minimum absolute atomic E-state index is 0.0761. The fourth-order valence-electron chi connectivity index (χ4n) is 3.27. The van der Waals surface area contributed by atoms with Gasteiger partial charge in [0.05, 0.1) is 0 Å². The molecule has 4 aromatic rings. The van der Waals surface area contributed by atoms with Crippen molar-refractivity contribution in [2.75, 3.05) is 0 Å². The van der Waals surface area contributed by atoms with Crippen LogP contribution in [0.3, 0.4) is 0 Å². The van der Waals surface area contributed by atoms with Crippen LogP contribution in [0.4, 0.5) is 11.4 Å². The fraction of sp³-hybridized carbons (Fsp3) is 0. The molecule has 0 aliphatic heterocycles. The van der Waals surface area contributed by atoms with Gasteiger partial charge in [0, 0.05) is 28.4 Å². The molecule has 0 N–H and O–H groups in total. The van der Waals surface area contributed by atoms with Gasteiger partial charge in [0.15, 0.2) is 11.6 Å². The van der Waals surface area contributed by atoms with E-state index in [0.717, 1.165) is 11.1 Å². The summed E-state index contributed by atoms with van der Waals surface area (Å²) in [5, 5.41) is 16.5. The molecule has 5 nitrogen and oxygen atoms in total. The highest BCUT2D eigenvalue weighted by Crippen LogP contribution is 2.20. The Labute approximate surface area is 203 Å². The highest BCUT2D eigenvalue weighted by molar-refractivity contribution is 6.07. The molecule has 0 aliphatic carbocycles. The summed E-state index contributed by atoms with van der Waals surface area (Å²) in [4.78, 5) is 24.9. The van der Waals surface area contributed by atoms with Gasteiger partial charge >= 0.3 is 0 Å². The number of azo groups is 1. The summed E-state index contributed by atoms with van der Waals surface area (Å²) >= 11 is 0. The molecule has 5 heteroatoms. The van der Waals surface area contributed by atoms with Gasteiger partial charge in [-0.3, -0.25) is 9.59 Å². The van der Waals surface area contributed by atoms with Crippen LogP contribution >= 0.6 is 0 Å². The van der Waals surface area contributed by atoms with Crippen LogP contribution in [0, 0.1) is 5.21 Å². The second kappa shape index (κ2) is 11.3. The summed E-state index contributed by atoms with van der Waals surface area (Å²) in [6.07, 6.45) is 6.46. The number of carbonyl (C=O) groups is 2. The van der Waals surface area contributed by atoms with Crippen LogP contribution in [0.1, 0.15) is 31.8 Å². The maximum atomic E-state index is 12.5. The van der Waals surface area contributed by atoms with Crippen LogP contribution < -0.4 is 0 Å². The predicted molar refractivity (Wildman–Crippen MR) is 138 cm³/mol. The van der Waals surface area contributed by atoms with Crippen molar-refractivity contribution in [3.63, 3.8) is 0 Å². The molecule has 0 spiro atoms. The number of rotatable bonds is 8. The van der Waals surface area contributed by atoms with E-state index in [4.69, 9.17) is 0 Å². The van der Waals surface area contributed by atoms with Crippen molar-refractivity contribution in [1.29, 1.82) is 0 Å². The molecule has 0 aromatic heterocycles. The van der Waals surface area contributed by atoms with Gasteiger partial charge < -0.3 is 5.21 Å². The zero-order valence-corrected chi connectivity index (χ0v) is 18.8. The van der Waals surface area contributed by atoms with Crippen molar-refractivity contribution < 1.29 is 14.4 Å². The molecule has 0 atom stereocenters. The van der Waals surface area contributed by atoms with E-state index >= 15 is 0 Å². The summed E-state index contributed by atoms with van der Waals surface area (Å²) in [7, 11) is 0. The summed E-state index contributed by atoms with van der Waals surface area (Å²) in [5.41, 5.74) is 3.73. The van der Waals surface area contributed by atoms with Crippen LogP contribution in [0.25, 0.3) is 12.2 Å². The van der Waals surface area contributed by atoms with Crippen molar-refractivity contribution in [1.82, 2.24) is 0 Å². The molecule has 0 saturated carbocycles. The zero-order chi connectivity index (χ0) is 24.5. The van der Waals surface area contributed by atoms with Gasteiger partial charge in [-0.2, -0.15) is 0 Å². The molecule has 0 aliphatic rings. The number of nitrogens with zero attached hydrogens (tertiary/aromatic N) is 2. The van der Waals surface area contributed by atoms with Gasteiger partial charge in [0.1, 0.15) is 5.69 Å². The first-order valence-electron chi connectivity index (χ1n) is 11.0. The van der Waals surface area contributed by atoms with Crippen molar-refractivity contribution in [3.8, 4) is 0 Å². The Morgan fingerprint density at radius 1 is 0.600 bits per heavy atom. The maximum Gasteiger partial charge on any atom is 0.244 e. The van der Waals surface area contributed by atoms with Crippen molar-refractivity contribution >= 4 is 35.1 Å². The van der Waals surface area contributed by atoms with E-state index in [1.807, 2.05) is 36.4 Å². The Kier molecular flexibility index (Phi) is 7.51. The molecular formula is C30H22N2O3. The second-order valence-corrected chi connectivity index (χ2v) is 7.68. The van der Waals surface area contributed by atoms with Crippen molar-refractivity contribution in [3.05, 3.63) is 149 Å². The third-order valence-electron chi connectivity index (χ3n) is 5.18. The number of hydrogen-bond acceptors (Lipinski definition) is 4. The lowest BCUT2D eigenvalue weighted by Crippen LogP contribution is -1.93. The lowest BCUT2D eigenvalue weighted by atomic mass is 10.1. The van der Waals surface area contributed by atoms with E-state index < -0.39 is 0 Å². The van der Waals surface area contributed by atoms with E-state index in [-0.39, 0.29) is 11.6 Å². The molecule has 0 saturated heterocycles. The Balaban J connectivity index is 1.38. The van der Waals surface area contributed by atoms with Gasteiger partial charge in [-0.05, 0) is 47.5 Å². The van der Waals surface area contributed by atoms with E-state index in [9.17, 15) is 14.8 Å². The third-order valence-corrected chi connectivity index (χ3v) is 5.18. The molecule has 170 valence electrons. The molecule has 4 rings (SSSR count). The number of hydrogen-bond donors (Lipinski definition) is 0. The van der Waals surface area contributed by atoms with E-state index in [1.54, 1.807) is 84.9 Å². The monoisotopic (exact) mass is 458 g/mol. The van der Waals surface area contributed by atoms with Crippen LogP contribution in [0.5, 0.6) is 0 Å². The van der Waals surface area contributed by atoms with E-state index in [2.05, 4.69) is 5.11 Å². The summed E-state index contributed by atoms with van der Waals surface area (Å²) in [6.45, 7) is 0. The minimum atomic E-state index is -0.0853. The van der Waals surface area contributed by atoms with Crippen molar-refractivity contribution in [2.24, 2.45) is 5.11 Å². The highest BCUT2D eigenvalue weighted by atomic mass is 16.5. The molecule has 4 aromatic carbocycles. The van der Waals surface area contributed by atoms with E-state index in [1.165, 1.54) is 12.2 Å². The zero-order valence-electron chi connectivity index (χ0n) is 18.8. The average molecular weight is 459 g/mol. The highest BCUT2D eigenvalue weighted by Gasteiger charge is 2.05. The summed E-state index contributed by atoms with van der Waals surface area (Å²) in [6, 6.07) is 31.9. The molecule has 35 heavy (non-hydrogen) atoms. The summed E-state index contributed by atoms with van der Waals surface area (Å²) in [5.74, 6) is -0.161. The number of benzene rings is 4. The molecule has 0 fully saturated rings. The number of allylic oxidation sites excluding steroid dienone is 2. The molecule has 0 radical (unpaired) electrons. The first kappa shape index (κ1) is 23.3. The quantitative estimate of drug-likeness (QED) is 0.0907. The van der Waals surface area contributed by atoms with Gasteiger partial charge in [-0.1, -0.05) is 89.8 Å². The Bertz CT molecular complexity index is 1390. The third kappa shape index (κ3) is 6.55. The average Bonchev–Trinajstić information content (AvgIpc) is 2.92. The molecule has 0 heterocycles. The predicted octanol–water partition coefficient (Wildman–Crippen LogP) is 7.40. The Morgan fingerprint density at radius 3 is 1.49 bits per heavy atom. The van der Waals surface area contributed by atoms with Crippen LogP contribution in [0.15, 0.2) is 126 Å². The standard InChI is InChI=1S/C30H22N2O3/c33-29(25-7-3-1-4-8-25)21-15-23-11-17-27(18-12-23)31-32(35)28-19-13-24(14-20-28)16-22-30(34)26-9-5-2-6-10-26/h1-22H. The normalized spacial score (nSPS) is 11.7. The Hall–Kier alpha value is -4.90. The maximum absolute atomic E-state index is 12.5. The first-order chi connectivity index (χ1) is 17.1. The van der Waals surface area contributed by atoms with Crippen molar-refractivity contribution in [2.45, 2.75) is 0 Å². The van der Waals surface area contributed by atoms with Gasteiger partial charge in [0.2, 0.25) is 5.69 Å². The Morgan fingerprint density at radius 2 is 1.03 bits per heavy atom. The van der Waals surface area contributed by atoms with Gasteiger partial charge in [-0.15, -0.1) is 0 Å². The number of carbonyl (C=O) groups excluding carboxylic acids is 2. The topological polar surface area (TPSA) is 72.6 Å². The molecular weight excluding hydrogens is 436 g/mol. The fourth-order valence-corrected chi connectivity index (χ4v) is 3.27. The van der Waals surface area contributed by atoms with Crippen LogP contribution in [-0.2, 0) is 0 Å². The first-order valence-corrected chi connectivity index (χ1v) is 11.0. The number of ketones is 2. The summed E-state index contributed by atoms with van der Waals surface area (Å²) < 4.78 is 0. The minimum Gasteiger partial charge on any atom is -0.594 e. The van der Waals surface area contributed by atoms with Crippen LogP contribution in [0.2, 0.25) is 0 Å². The lowest BCUT2D eigenvalue weighted by molar-refractivity contribution is -0.435. The molecule has 0 bridgehead atoms. The van der Waals surface area contributed by atoms with Crippen LogP contribution in [-0.4, -0.2) is 16.4 Å². The molecule has 0 amide bonds. The van der Waals surface area contributed by atoms with E-state index in [0.29, 0.717) is 27.4 Å². The van der Waals surface area contributed by atoms with Gasteiger partial charge in [0.25, 0.3) is 0 Å². The lowest BCUT2D eigenvalue weighted by Gasteiger charge is -2.01. The van der Waals surface area contributed by atoms with Gasteiger partial charge in [-0.25, -0.2) is 0 Å². The molecule has 0 unspecified atom stereocenters. The second-order valence-electron chi connectivity index (χ2n) is 7.68. The smallest absolute Gasteiger partial charge is 0.244 e.